The molecule has 1 aromatic carbocycles. The van der Waals surface area contributed by atoms with Gasteiger partial charge in [0.1, 0.15) is 0 Å². The Morgan fingerprint density at radius 2 is 2.04 bits per heavy atom. The van der Waals surface area contributed by atoms with Crippen LogP contribution in [0.2, 0.25) is 0 Å². The fraction of sp³-hybridized carbons (Fsp3) is 0.500. The number of nitrogens with zero attached hydrogens (tertiary/aromatic N) is 2. The quantitative estimate of drug-likeness (QED) is 0.810. The zero-order valence-corrected chi connectivity index (χ0v) is 15.6. The summed E-state index contributed by atoms with van der Waals surface area (Å²) < 4.78 is 1.50. The number of fused-ring (bicyclic) bond motifs is 1. The number of aromatic nitrogens is 1. The molecule has 2 N–H and O–H groups in total. The van der Waals surface area contributed by atoms with Gasteiger partial charge in [0.2, 0.25) is 0 Å². The lowest BCUT2D eigenvalue weighted by atomic mass is 10.0. The molecule has 2 aromatic rings. The van der Waals surface area contributed by atoms with Crippen LogP contribution in [0.1, 0.15) is 26.2 Å². The van der Waals surface area contributed by atoms with Crippen LogP contribution in [0.3, 0.4) is 0 Å². The Morgan fingerprint density at radius 1 is 1.27 bits per heavy atom. The zero-order valence-electron chi connectivity index (χ0n) is 15.6. The van der Waals surface area contributed by atoms with Crippen LogP contribution < -0.4 is 16.2 Å². The minimum Gasteiger partial charge on any atom is -0.338 e. The highest BCUT2D eigenvalue weighted by Gasteiger charge is 2.15. The van der Waals surface area contributed by atoms with Gasteiger partial charge in [-0.1, -0.05) is 25.1 Å². The maximum absolute atomic E-state index is 12.2. The first-order valence-electron chi connectivity index (χ1n) is 9.40. The average Bonchev–Trinajstić information content (AvgIpc) is 2.63. The number of nitrogens with one attached hydrogen (secondary N) is 2. The van der Waals surface area contributed by atoms with Crippen LogP contribution in [0.5, 0.6) is 0 Å². The van der Waals surface area contributed by atoms with Crippen LogP contribution in [-0.2, 0) is 7.05 Å². The van der Waals surface area contributed by atoms with E-state index in [1.54, 1.807) is 19.3 Å². The molecule has 2 amide bonds. The van der Waals surface area contributed by atoms with Crippen molar-refractivity contribution in [2.45, 2.75) is 26.2 Å². The topological polar surface area (TPSA) is 66.4 Å². The number of pyridine rings is 1. The van der Waals surface area contributed by atoms with E-state index in [1.165, 1.54) is 24.0 Å². The number of likely N-dealkylation sites (tertiary alicyclic amines) is 1. The molecule has 1 aromatic heterocycles. The number of aryl methyl sites for hydroxylation is 1. The molecule has 1 fully saturated rings. The molecule has 6 heteroatoms. The number of urea groups is 1. The Morgan fingerprint density at radius 3 is 2.81 bits per heavy atom. The molecule has 3 rings (SSSR count). The smallest absolute Gasteiger partial charge is 0.319 e. The van der Waals surface area contributed by atoms with Crippen molar-refractivity contribution >= 4 is 22.5 Å². The molecule has 0 unspecified atom stereocenters. The number of piperidine rings is 1. The summed E-state index contributed by atoms with van der Waals surface area (Å²) in [5.41, 5.74) is 0.576. The third kappa shape index (κ3) is 4.43. The Labute approximate surface area is 154 Å². The Hall–Kier alpha value is -2.34. The van der Waals surface area contributed by atoms with Gasteiger partial charge >= 0.3 is 6.03 Å². The van der Waals surface area contributed by atoms with Gasteiger partial charge in [-0.3, -0.25) is 4.79 Å². The standard InChI is InChI=1S/C20H28N4O2/c1-15-7-5-11-24(13-15)12-6-10-21-20(26)22-18-14-23(2)19(25)17-9-4-3-8-16(17)18/h3-4,8-9,14-15H,5-7,10-13H2,1-2H3,(H2,21,22,26)/t15-/m1/s1. The van der Waals surface area contributed by atoms with Gasteiger partial charge < -0.3 is 20.1 Å². The second kappa shape index (κ2) is 8.36. The predicted octanol–water partition coefficient (Wildman–Crippen LogP) is 2.78. The SMILES string of the molecule is C[C@@H]1CCCN(CCCNC(=O)Nc2cn(C)c(=O)c3ccccc23)C1. The summed E-state index contributed by atoms with van der Waals surface area (Å²) in [6.07, 6.45) is 5.20. The normalized spacial score (nSPS) is 18.0. The minimum atomic E-state index is -0.235. The summed E-state index contributed by atoms with van der Waals surface area (Å²) in [6, 6.07) is 7.09. The van der Waals surface area contributed by atoms with Gasteiger partial charge in [-0.25, -0.2) is 4.79 Å². The molecule has 1 aliphatic rings. The molecule has 140 valence electrons. The van der Waals surface area contributed by atoms with E-state index in [2.05, 4.69) is 22.5 Å². The second-order valence-corrected chi connectivity index (χ2v) is 7.29. The lowest BCUT2D eigenvalue weighted by molar-refractivity contribution is 0.182. The minimum absolute atomic E-state index is 0.0673. The van der Waals surface area contributed by atoms with Gasteiger partial charge in [0, 0.05) is 37.1 Å². The molecule has 6 nitrogen and oxygen atoms in total. The zero-order chi connectivity index (χ0) is 18.5. The molecule has 0 radical (unpaired) electrons. The lowest BCUT2D eigenvalue weighted by Gasteiger charge is -2.30. The highest BCUT2D eigenvalue weighted by atomic mass is 16.2. The first kappa shape index (κ1) is 18.5. The average molecular weight is 356 g/mol. The molecule has 0 bridgehead atoms. The van der Waals surface area contributed by atoms with Crippen molar-refractivity contribution in [1.29, 1.82) is 0 Å². The number of carbonyl (C=O) groups excluding carboxylic acids is 1. The Balaban J connectivity index is 1.53. The lowest BCUT2D eigenvalue weighted by Crippen LogP contribution is -2.37. The number of amides is 2. The fourth-order valence-electron chi connectivity index (χ4n) is 3.68. The number of rotatable bonds is 5. The van der Waals surface area contributed by atoms with Gasteiger partial charge in [-0.15, -0.1) is 0 Å². The molecule has 0 aliphatic carbocycles. The molecule has 1 aliphatic heterocycles. The third-order valence-electron chi connectivity index (χ3n) is 5.02. The Kier molecular flexibility index (Phi) is 5.93. The fourth-order valence-corrected chi connectivity index (χ4v) is 3.68. The van der Waals surface area contributed by atoms with Crippen molar-refractivity contribution in [2.75, 3.05) is 31.5 Å². The van der Waals surface area contributed by atoms with Crippen molar-refractivity contribution in [1.82, 2.24) is 14.8 Å². The summed E-state index contributed by atoms with van der Waals surface area (Å²) in [4.78, 5) is 26.9. The summed E-state index contributed by atoms with van der Waals surface area (Å²) in [7, 11) is 1.69. The van der Waals surface area contributed by atoms with Gasteiger partial charge in [0.05, 0.1) is 5.69 Å². The summed E-state index contributed by atoms with van der Waals surface area (Å²) in [6.45, 7) is 6.29. The van der Waals surface area contributed by atoms with Gasteiger partial charge in [0.25, 0.3) is 5.56 Å². The number of carbonyl (C=O) groups is 1. The van der Waals surface area contributed by atoms with Crippen LogP contribution in [0.4, 0.5) is 10.5 Å². The van der Waals surface area contributed by atoms with E-state index in [-0.39, 0.29) is 11.6 Å². The van der Waals surface area contributed by atoms with E-state index in [4.69, 9.17) is 0 Å². The molecular formula is C20H28N4O2. The van der Waals surface area contributed by atoms with Crippen LogP contribution in [0.25, 0.3) is 10.8 Å². The van der Waals surface area contributed by atoms with Crippen molar-refractivity contribution in [3.8, 4) is 0 Å². The second-order valence-electron chi connectivity index (χ2n) is 7.29. The van der Waals surface area contributed by atoms with Crippen LogP contribution in [-0.4, -0.2) is 41.7 Å². The molecule has 1 saturated heterocycles. The third-order valence-corrected chi connectivity index (χ3v) is 5.02. The van der Waals surface area contributed by atoms with E-state index >= 15 is 0 Å². The molecular weight excluding hydrogens is 328 g/mol. The predicted molar refractivity (Wildman–Crippen MR) is 106 cm³/mol. The molecule has 0 saturated carbocycles. The highest BCUT2D eigenvalue weighted by molar-refractivity contribution is 6.00. The largest absolute Gasteiger partial charge is 0.338 e. The van der Waals surface area contributed by atoms with E-state index in [0.29, 0.717) is 17.6 Å². The first-order valence-corrected chi connectivity index (χ1v) is 9.40. The van der Waals surface area contributed by atoms with Crippen molar-refractivity contribution in [3.63, 3.8) is 0 Å². The van der Waals surface area contributed by atoms with E-state index in [9.17, 15) is 9.59 Å². The number of hydrogen-bond acceptors (Lipinski definition) is 3. The number of anilines is 1. The number of benzene rings is 1. The Bertz CT molecular complexity index is 830. The van der Waals surface area contributed by atoms with Crippen molar-refractivity contribution in [2.24, 2.45) is 13.0 Å². The van der Waals surface area contributed by atoms with E-state index < -0.39 is 0 Å². The molecule has 1 atom stereocenters. The van der Waals surface area contributed by atoms with Gasteiger partial charge in [0.15, 0.2) is 0 Å². The monoisotopic (exact) mass is 356 g/mol. The summed E-state index contributed by atoms with van der Waals surface area (Å²) in [5, 5.41) is 7.15. The molecule has 26 heavy (non-hydrogen) atoms. The van der Waals surface area contributed by atoms with E-state index in [1.807, 2.05) is 18.2 Å². The maximum Gasteiger partial charge on any atom is 0.319 e. The maximum atomic E-state index is 12.2. The highest BCUT2D eigenvalue weighted by Crippen LogP contribution is 2.20. The first-order chi connectivity index (χ1) is 12.5. The van der Waals surface area contributed by atoms with Gasteiger partial charge in [-0.05, 0) is 44.3 Å². The summed E-state index contributed by atoms with van der Waals surface area (Å²) >= 11 is 0. The van der Waals surface area contributed by atoms with Crippen LogP contribution >= 0.6 is 0 Å². The van der Waals surface area contributed by atoms with Crippen LogP contribution in [0, 0.1) is 5.92 Å². The van der Waals surface area contributed by atoms with E-state index in [0.717, 1.165) is 30.8 Å². The molecule has 0 spiro atoms. The van der Waals surface area contributed by atoms with Gasteiger partial charge in [-0.2, -0.15) is 0 Å². The van der Waals surface area contributed by atoms with Crippen molar-refractivity contribution < 1.29 is 4.79 Å². The van der Waals surface area contributed by atoms with Crippen LogP contribution in [0.15, 0.2) is 35.3 Å². The molecule has 2 heterocycles. The number of hydrogen-bond donors (Lipinski definition) is 2. The van der Waals surface area contributed by atoms with Crippen molar-refractivity contribution in [3.05, 3.63) is 40.8 Å². The summed E-state index contributed by atoms with van der Waals surface area (Å²) in [5.74, 6) is 0.776.